The second-order valence-electron chi connectivity index (χ2n) is 4.72. The van der Waals surface area contributed by atoms with E-state index in [0.29, 0.717) is 31.0 Å². The van der Waals surface area contributed by atoms with Crippen LogP contribution < -0.4 is 10.6 Å². The second-order valence-corrected chi connectivity index (χ2v) is 4.72. The predicted octanol–water partition coefficient (Wildman–Crippen LogP) is 1.14. The van der Waals surface area contributed by atoms with E-state index in [1.165, 1.54) is 7.11 Å². The van der Waals surface area contributed by atoms with Crippen LogP contribution in [0.25, 0.3) is 0 Å². The van der Waals surface area contributed by atoms with E-state index in [9.17, 15) is 9.59 Å². The van der Waals surface area contributed by atoms with Gasteiger partial charge in [0.05, 0.1) is 7.11 Å². The largest absolute Gasteiger partial charge is 0.466 e. The lowest BCUT2D eigenvalue weighted by Crippen LogP contribution is -2.26. The van der Waals surface area contributed by atoms with Gasteiger partial charge in [-0.2, -0.15) is 0 Å². The highest BCUT2D eigenvalue weighted by Gasteiger charge is 2.22. The first kappa shape index (κ1) is 15.7. The molecule has 1 saturated carbocycles. The Balaban J connectivity index is 2.04. The zero-order chi connectivity index (χ0) is 14.1. The van der Waals surface area contributed by atoms with Gasteiger partial charge in [-0.3, -0.25) is 4.79 Å². The fourth-order valence-corrected chi connectivity index (χ4v) is 1.70. The molecule has 5 heteroatoms. The number of methoxy groups -OCH3 is 1. The quantitative estimate of drug-likeness (QED) is 0.374. The van der Waals surface area contributed by atoms with E-state index in [2.05, 4.69) is 15.4 Å². The minimum absolute atomic E-state index is 0.142. The van der Waals surface area contributed by atoms with Crippen molar-refractivity contribution in [2.75, 3.05) is 20.2 Å². The molecule has 0 spiro atoms. The summed E-state index contributed by atoms with van der Waals surface area (Å²) in [6.07, 6.45) is 6.13. The van der Waals surface area contributed by atoms with Gasteiger partial charge in [-0.15, -0.1) is 0 Å². The fraction of sp³-hybridized carbons (Fsp3) is 0.714. The van der Waals surface area contributed by atoms with Crippen molar-refractivity contribution in [3.8, 4) is 0 Å². The summed E-state index contributed by atoms with van der Waals surface area (Å²) < 4.78 is 4.67. The Morgan fingerprint density at radius 2 is 2.11 bits per heavy atom. The van der Waals surface area contributed by atoms with Crippen molar-refractivity contribution in [1.82, 2.24) is 10.6 Å². The summed E-state index contributed by atoms with van der Waals surface area (Å²) in [4.78, 5) is 22.7. The predicted molar refractivity (Wildman–Crippen MR) is 73.7 cm³/mol. The Morgan fingerprint density at radius 3 is 2.68 bits per heavy atom. The molecule has 1 aliphatic rings. The van der Waals surface area contributed by atoms with Crippen LogP contribution in [-0.2, 0) is 14.3 Å². The third-order valence-corrected chi connectivity index (χ3v) is 3.02. The molecule has 19 heavy (non-hydrogen) atoms. The molecule has 0 aromatic carbocycles. The van der Waals surface area contributed by atoms with Crippen LogP contribution in [-0.4, -0.2) is 38.1 Å². The molecule has 0 heterocycles. The second kappa shape index (κ2) is 8.69. The van der Waals surface area contributed by atoms with Gasteiger partial charge < -0.3 is 15.4 Å². The third-order valence-electron chi connectivity index (χ3n) is 3.02. The van der Waals surface area contributed by atoms with E-state index in [-0.39, 0.29) is 11.9 Å². The third kappa shape index (κ3) is 6.96. The highest BCUT2D eigenvalue weighted by molar-refractivity contribution is 5.88. The highest BCUT2D eigenvalue weighted by Crippen LogP contribution is 2.18. The molecule has 1 amide bonds. The molecule has 0 radical (unpaired) electrons. The van der Waals surface area contributed by atoms with E-state index in [0.717, 1.165) is 25.8 Å². The normalized spacial score (nSPS) is 15.2. The smallest absolute Gasteiger partial charge is 0.333 e. The van der Waals surface area contributed by atoms with Crippen molar-refractivity contribution in [3.63, 3.8) is 0 Å². The summed E-state index contributed by atoms with van der Waals surface area (Å²) in [5, 5.41) is 6.14. The molecular formula is C14H24N2O3. The van der Waals surface area contributed by atoms with E-state index in [4.69, 9.17) is 0 Å². The molecule has 2 N–H and O–H groups in total. The topological polar surface area (TPSA) is 67.4 Å². The van der Waals surface area contributed by atoms with Crippen LogP contribution in [0.2, 0.25) is 0 Å². The molecule has 0 aromatic heterocycles. The van der Waals surface area contributed by atoms with Crippen LogP contribution in [0.1, 0.15) is 39.0 Å². The Hall–Kier alpha value is -1.36. The average Bonchev–Trinajstić information content (AvgIpc) is 3.21. The van der Waals surface area contributed by atoms with Crippen molar-refractivity contribution in [3.05, 3.63) is 11.6 Å². The van der Waals surface area contributed by atoms with Crippen molar-refractivity contribution >= 4 is 11.9 Å². The molecule has 0 aromatic rings. The number of carbonyl (C=O) groups excluding carboxylic acids is 2. The summed E-state index contributed by atoms with van der Waals surface area (Å²) in [5.74, 6) is -0.128. The van der Waals surface area contributed by atoms with Gasteiger partial charge in [0.15, 0.2) is 0 Å². The minimum atomic E-state index is -0.270. The number of rotatable bonds is 9. The highest BCUT2D eigenvalue weighted by atomic mass is 16.5. The van der Waals surface area contributed by atoms with Gasteiger partial charge in [-0.25, -0.2) is 4.79 Å². The maximum absolute atomic E-state index is 11.4. The summed E-state index contributed by atoms with van der Waals surface area (Å²) in [6.45, 7) is 3.32. The van der Waals surface area contributed by atoms with Crippen LogP contribution in [0.15, 0.2) is 11.6 Å². The minimum Gasteiger partial charge on any atom is -0.466 e. The van der Waals surface area contributed by atoms with Crippen molar-refractivity contribution in [2.24, 2.45) is 0 Å². The standard InChI is InChI=1S/C14H24N2O3/c1-3-11(14(18)19-2)8-10-15-9-4-5-13(17)16-12-6-7-12/h8,12,15H,3-7,9-10H2,1-2H3,(H,16,17). The molecule has 0 bridgehead atoms. The van der Waals surface area contributed by atoms with Crippen LogP contribution in [0.4, 0.5) is 0 Å². The van der Waals surface area contributed by atoms with Gasteiger partial charge in [0.25, 0.3) is 0 Å². The maximum atomic E-state index is 11.4. The van der Waals surface area contributed by atoms with Crippen molar-refractivity contribution in [1.29, 1.82) is 0 Å². The summed E-state index contributed by atoms with van der Waals surface area (Å²) in [7, 11) is 1.39. The number of hydrogen-bond donors (Lipinski definition) is 2. The molecule has 1 fully saturated rings. The molecule has 0 aliphatic heterocycles. The number of amides is 1. The zero-order valence-electron chi connectivity index (χ0n) is 11.8. The molecule has 0 atom stereocenters. The maximum Gasteiger partial charge on any atom is 0.333 e. The van der Waals surface area contributed by atoms with Gasteiger partial charge in [-0.1, -0.05) is 13.0 Å². The lowest BCUT2D eigenvalue weighted by molar-refractivity contribution is -0.136. The van der Waals surface area contributed by atoms with Crippen molar-refractivity contribution in [2.45, 2.75) is 45.1 Å². The van der Waals surface area contributed by atoms with E-state index < -0.39 is 0 Å². The van der Waals surface area contributed by atoms with Gasteiger partial charge in [0.1, 0.15) is 0 Å². The molecule has 5 nitrogen and oxygen atoms in total. The molecule has 1 aliphatic carbocycles. The Kier molecular flexibility index (Phi) is 7.18. The number of ether oxygens (including phenoxy) is 1. The Bertz CT molecular complexity index is 336. The van der Waals surface area contributed by atoms with Gasteiger partial charge in [0, 0.05) is 24.6 Å². The van der Waals surface area contributed by atoms with Gasteiger partial charge in [0.2, 0.25) is 5.91 Å². The zero-order valence-corrected chi connectivity index (χ0v) is 11.8. The Morgan fingerprint density at radius 1 is 1.37 bits per heavy atom. The number of carbonyl (C=O) groups is 2. The lowest BCUT2D eigenvalue weighted by Gasteiger charge is -2.05. The first-order valence-electron chi connectivity index (χ1n) is 6.94. The SMILES string of the molecule is CCC(=CCNCCCC(=O)NC1CC1)C(=O)OC. The molecule has 1 rings (SSSR count). The van der Waals surface area contributed by atoms with Crippen LogP contribution >= 0.6 is 0 Å². The van der Waals surface area contributed by atoms with Gasteiger partial charge in [-0.05, 0) is 32.2 Å². The Labute approximate surface area is 114 Å². The molecule has 0 saturated heterocycles. The van der Waals surface area contributed by atoms with Crippen LogP contribution in [0.3, 0.4) is 0 Å². The summed E-state index contributed by atoms with van der Waals surface area (Å²) in [5.41, 5.74) is 0.682. The van der Waals surface area contributed by atoms with E-state index in [1.807, 2.05) is 13.0 Å². The molecule has 108 valence electrons. The average molecular weight is 268 g/mol. The van der Waals surface area contributed by atoms with Gasteiger partial charge >= 0.3 is 5.97 Å². The number of nitrogens with one attached hydrogen (secondary N) is 2. The summed E-state index contributed by atoms with van der Waals surface area (Å²) >= 11 is 0. The fourth-order valence-electron chi connectivity index (χ4n) is 1.70. The monoisotopic (exact) mass is 268 g/mol. The lowest BCUT2D eigenvalue weighted by atomic mass is 10.2. The van der Waals surface area contributed by atoms with Crippen LogP contribution in [0, 0.1) is 0 Å². The molecular weight excluding hydrogens is 244 g/mol. The first-order chi connectivity index (χ1) is 9.17. The van der Waals surface area contributed by atoms with E-state index in [1.54, 1.807) is 0 Å². The van der Waals surface area contributed by atoms with E-state index >= 15 is 0 Å². The number of hydrogen-bond acceptors (Lipinski definition) is 4. The van der Waals surface area contributed by atoms with Crippen LogP contribution in [0.5, 0.6) is 0 Å². The van der Waals surface area contributed by atoms with Crippen molar-refractivity contribution < 1.29 is 14.3 Å². The number of esters is 1. The first-order valence-corrected chi connectivity index (χ1v) is 6.94. The summed E-state index contributed by atoms with van der Waals surface area (Å²) in [6, 6.07) is 0.440. The molecule has 0 unspecified atom stereocenters.